The number of nitrogens with zero attached hydrogens (tertiary/aromatic N) is 1. The molecule has 8 heteroatoms. The van der Waals surface area contributed by atoms with Gasteiger partial charge in [0.25, 0.3) is 5.69 Å². The Bertz CT molecular complexity index is 648. The van der Waals surface area contributed by atoms with Crippen LogP contribution in [0.25, 0.3) is 0 Å². The summed E-state index contributed by atoms with van der Waals surface area (Å²) in [5.41, 5.74) is 1.01. The second-order valence-electron chi connectivity index (χ2n) is 4.01. The van der Waals surface area contributed by atoms with Crippen molar-refractivity contribution in [3.05, 3.63) is 64.2 Å². The van der Waals surface area contributed by atoms with Gasteiger partial charge >= 0.3 is 0 Å². The molecule has 0 amide bonds. The van der Waals surface area contributed by atoms with E-state index in [2.05, 4.69) is 4.72 Å². The molecule has 0 spiro atoms. The number of rotatable bonds is 4. The molecule has 0 aromatic heterocycles. The van der Waals surface area contributed by atoms with Crippen molar-refractivity contribution in [2.75, 3.05) is 4.72 Å². The lowest BCUT2D eigenvalue weighted by Crippen LogP contribution is -2.04. The van der Waals surface area contributed by atoms with Crippen LogP contribution < -0.4 is 4.72 Å². The fourth-order valence-electron chi connectivity index (χ4n) is 1.56. The first-order valence-corrected chi connectivity index (χ1v) is 7.66. The molecule has 0 heterocycles. The standard InChI is InChI=1S/C13H9Cl3N2O2S/c14-13(15,16)11-8-10(18(19)20)6-7-12(11)21-17-9-4-2-1-3-5-9/h1-8,17H. The molecule has 4 nitrogen and oxygen atoms in total. The number of non-ortho nitro benzene ring substituents is 1. The molecule has 0 aliphatic heterocycles. The van der Waals surface area contributed by atoms with Crippen molar-refractivity contribution in [1.29, 1.82) is 0 Å². The van der Waals surface area contributed by atoms with Gasteiger partial charge in [-0.2, -0.15) is 0 Å². The third-order valence-electron chi connectivity index (χ3n) is 2.53. The van der Waals surface area contributed by atoms with E-state index in [1.165, 1.54) is 24.1 Å². The Hall–Kier alpha value is -1.14. The summed E-state index contributed by atoms with van der Waals surface area (Å²) in [7, 11) is 0. The highest BCUT2D eigenvalue weighted by molar-refractivity contribution is 8.00. The van der Waals surface area contributed by atoms with Gasteiger partial charge in [0.05, 0.1) is 4.92 Å². The average Bonchev–Trinajstić information content (AvgIpc) is 2.45. The van der Waals surface area contributed by atoms with Gasteiger partial charge in [0, 0.05) is 28.3 Å². The largest absolute Gasteiger partial charge is 0.326 e. The number of benzene rings is 2. The summed E-state index contributed by atoms with van der Waals surface area (Å²) in [6, 6.07) is 13.6. The fourth-order valence-corrected chi connectivity index (χ4v) is 3.02. The molecule has 110 valence electrons. The van der Waals surface area contributed by atoms with Gasteiger partial charge in [-0.25, -0.2) is 0 Å². The van der Waals surface area contributed by atoms with Crippen LogP contribution in [-0.4, -0.2) is 4.92 Å². The number of alkyl halides is 3. The summed E-state index contributed by atoms with van der Waals surface area (Å²) in [5.74, 6) is 0. The van der Waals surface area contributed by atoms with Crippen molar-refractivity contribution in [1.82, 2.24) is 0 Å². The van der Waals surface area contributed by atoms with Crippen LogP contribution in [0.3, 0.4) is 0 Å². The highest BCUT2D eigenvalue weighted by Crippen LogP contribution is 2.44. The normalized spacial score (nSPS) is 11.2. The molecule has 2 aromatic carbocycles. The van der Waals surface area contributed by atoms with Crippen LogP contribution in [0.5, 0.6) is 0 Å². The topological polar surface area (TPSA) is 55.2 Å². The third-order valence-corrected chi connectivity index (χ3v) is 4.06. The number of para-hydroxylation sites is 1. The van der Waals surface area contributed by atoms with E-state index in [9.17, 15) is 10.1 Å². The van der Waals surface area contributed by atoms with Crippen LogP contribution in [0.4, 0.5) is 11.4 Å². The molecule has 0 atom stereocenters. The van der Waals surface area contributed by atoms with Crippen LogP contribution in [0.15, 0.2) is 53.4 Å². The van der Waals surface area contributed by atoms with Crippen molar-refractivity contribution in [2.24, 2.45) is 0 Å². The van der Waals surface area contributed by atoms with Crippen LogP contribution >= 0.6 is 46.8 Å². The van der Waals surface area contributed by atoms with Crippen LogP contribution in [0, 0.1) is 10.1 Å². The minimum Gasteiger partial charge on any atom is -0.326 e. The maximum absolute atomic E-state index is 10.8. The molecule has 1 N–H and O–H groups in total. The molecule has 0 bridgehead atoms. The van der Waals surface area contributed by atoms with Crippen molar-refractivity contribution in [3.8, 4) is 0 Å². The monoisotopic (exact) mass is 362 g/mol. The third kappa shape index (κ3) is 4.41. The molecule has 0 aliphatic rings. The van der Waals surface area contributed by atoms with E-state index in [0.29, 0.717) is 4.90 Å². The van der Waals surface area contributed by atoms with Gasteiger partial charge in [0.15, 0.2) is 0 Å². The molecule has 0 saturated carbocycles. The molecule has 0 radical (unpaired) electrons. The molecule has 0 saturated heterocycles. The van der Waals surface area contributed by atoms with E-state index in [1.54, 1.807) is 6.07 Å². The highest BCUT2D eigenvalue weighted by Gasteiger charge is 2.28. The first-order chi connectivity index (χ1) is 9.88. The van der Waals surface area contributed by atoms with Crippen LogP contribution in [-0.2, 0) is 3.79 Å². The summed E-state index contributed by atoms with van der Waals surface area (Å²) in [5, 5.41) is 10.8. The number of halogens is 3. The number of nitro groups is 1. The van der Waals surface area contributed by atoms with E-state index >= 15 is 0 Å². The van der Waals surface area contributed by atoms with Gasteiger partial charge in [-0.15, -0.1) is 0 Å². The van der Waals surface area contributed by atoms with Crippen molar-refractivity contribution in [3.63, 3.8) is 0 Å². The van der Waals surface area contributed by atoms with Crippen molar-refractivity contribution < 1.29 is 4.92 Å². The Balaban J connectivity index is 2.28. The number of hydrogen-bond acceptors (Lipinski definition) is 4. The minimum atomic E-state index is -1.74. The van der Waals surface area contributed by atoms with E-state index in [4.69, 9.17) is 34.8 Å². The summed E-state index contributed by atoms with van der Waals surface area (Å²) in [4.78, 5) is 10.9. The zero-order valence-corrected chi connectivity index (χ0v) is 13.5. The molecule has 2 rings (SSSR count). The van der Waals surface area contributed by atoms with E-state index in [-0.39, 0.29) is 11.3 Å². The maximum Gasteiger partial charge on any atom is 0.269 e. The average molecular weight is 364 g/mol. The lowest BCUT2D eigenvalue weighted by molar-refractivity contribution is -0.385. The smallest absolute Gasteiger partial charge is 0.269 e. The first kappa shape index (κ1) is 16.2. The molecule has 2 aromatic rings. The van der Waals surface area contributed by atoms with Crippen LogP contribution in [0.2, 0.25) is 0 Å². The zero-order chi connectivity index (χ0) is 15.5. The lowest BCUT2D eigenvalue weighted by Gasteiger charge is -2.16. The van der Waals surface area contributed by atoms with Crippen molar-refractivity contribution >= 4 is 58.1 Å². The fraction of sp³-hybridized carbons (Fsp3) is 0.0769. The predicted molar refractivity (Wildman–Crippen MR) is 88.3 cm³/mol. The van der Waals surface area contributed by atoms with Gasteiger partial charge in [-0.3, -0.25) is 10.1 Å². The summed E-state index contributed by atoms with van der Waals surface area (Å²) in [6.07, 6.45) is 0. The second kappa shape index (κ2) is 6.75. The zero-order valence-electron chi connectivity index (χ0n) is 10.4. The predicted octanol–water partition coefficient (Wildman–Crippen LogP) is 5.54. The number of nitro benzene ring substituents is 1. The van der Waals surface area contributed by atoms with Gasteiger partial charge in [0.1, 0.15) is 0 Å². The Kier molecular flexibility index (Phi) is 5.22. The van der Waals surface area contributed by atoms with Crippen LogP contribution in [0.1, 0.15) is 5.56 Å². The number of anilines is 1. The minimum absolute atomic E-state index is 0.125. The number of nitrogens with one attached hydrogen (secondary N) is 1. The quantitative estimate of drug-likeness (QED) is 0.335. The van der Waals surface area contributed by atoms with Gasteiger partial charge in [0.2, 0.25) is 3.79 Å². The van der Waals surface area contributed by atoms with Gasteiger partial charge in [-0.1, -0.05) is 53.0 Å². The second-order valence-corrected chi connectivity index (χ2v) is 7.13. The molecule has 21 heavy (non-hydrogen) atoms. The molecular formula is C13H9Cl3N2O2S. The Morgan fingerprint density at radius 3 is 2.33 bits per heavy atom. The highest BCUT2D eigenvalue weighted by atomic mass is 35.6. The molecule has 0 unspecified atom stereocenters. The first-order valence-electron chi connectivity index (χ1n) is 5.71. The Morgan fingerprint density at radius 2 is 1.76 bits per heavy atom. The van der Waals surface area contributed by atoms with Gasteiger partial charge < -0.3 is 4.72 Å². The summed E-state index contributed by atoms with van der Waals surface area (Å²) >= 11 is 18.9. The van der Waals surface area contributed by atoms with Crippen molar-refractivity contribution in [2.45, 2.75) is 8.69 Å². The molecule has 0 aliphatic carbocycles. The summed E-state index contributed by atoms with van der Waals surface area (Å²) < 4.78 is 1.35. The number of hydrogen-bond donors (Lipinski definition) is 1. The SMILES string of the molecule is O=[N+]([O-])c1ccc(SNc2ccccc2)c(C(Cl)(Cl)Cl)c1. The maximum atomic E-state index is 10.8. The lowest BCUT2D eigenvalue weighted by atomic mass is 10.2. The summed E-state index contributed by atoms with van der Waals surface area (Å²) in [6.45, 7) is 0. The molecular weight excluding hydrogens is 355 g/mol. The van der Waals surface area contributed by atoms with E-state index in [0.717, 1.165) is 5.69 Å². The molecule has 0 fully saturated rings. The van der Waals surface area contributed by atoms with Gasteiger partial charge in [-0.05, 0) is 30.1 Å². The van der Waals surface area contributed by atoms with E-state index < -0.39 is 8.72 Å². The van der Waals surface area contributed by atoms with E-state index in [1.807, 2.05) is 30.3 Å². The Morgan fingerprint density at radius 1 is 1.10 bits per heavy atom. The Labute approximate surface area is 140 Å².